The second-order valence-corrected chi connectivity index (χ2v) is 2.78. The highest BCUT2D eigenvalue weighted by Gasteiger charge is 2.08. The summed E-state index contributed by atoms with van der Waals surface area (Å²) in [7, 11) is 0. The average molecular weight is 178 g/mol. The minimum absolute atomic E-state index is 0.124. The Morgan fingerprint density at radius 3 is 2.85 bits per heavy atom. The van der Waals surface area contributed by atoms with Crippen molar-refractivity contribution in [2.75, 3.05) is 6.54 Å². The van der Waals surface area contributed by atoms with Crippen LogP contribution in [0.3, 0.4) is 0 Å². The van der Waals surface area contributed by atoms with E-state index >= 15 is 0 Å². The Morgan fingerprint density at radius 1 is 1.54 bits per heavy atom. The summed E-state index contributed by atoms with van der Waals surface area (Å²) in [5.41, 5.74) is 0.595. The molecule has 0 spiro atoms. The standard InChI is InChI=1S/C10H11FN2/c1-8(13-7-6-12)9-4-2-3-5-10(9)11/h2-5,8,13H,7H2,1H3. The molecule has 0 aromatic heterocycles. The van der Waals surface area contributed by atoms with Crippen molar-refractivity contribution >= 4 is 0 Å². The molecule has 2 nitrogen and oxygen atoms in total. The van der Waals surface area contributed by atoms with Crippen LogP contribution in [-0.2, 0) is 0 Å². The smallest absolute Gasteiger partial charge is 0.127 e. The van der Waals surface area contributed by atoms with Gasteiger partial charge in [0.15, 0.2) is 0 Å². The van der Waals surface area contributed by atoms with Crippen LogP contribution in [0.2, 0.25) is 0 Å². The predicted molar refractivity (Wildman–Crippen MR) is 48.4 cm³/mol. The summed E-state index contributed by atoms with van der Waals surface area (Å²) < 4.78 is 13.1. The summed E-state index contributed by atoms with van der Waals surface area (Å²) in [6.45, 7) is 2.06. The highest BCUT2D eigenvalue weighted by molar-refractivity contribution is 5.20. The van der Waals surface area contributed by atoms with Gasteiger partial charge in [-0.25, -0.2) is 4.39 Å². The number of rotatable bonds is 3. The van der Waals surface area contributed by atoms with Crippen LogP contribution in [0.15, 0.2) is 24.3 Å². The van der Waals surface area contributed by atoms with E-state index in [1.54, 1.807) is 18.2 Å². The lowest BCUT2D eigenvalue weighted by Gasteiger charge is -2.11. The van der Waals surface area contributed by atoms with Crippen LogP contribution in [0.25, 0.3) is 0 Å². The van der Waals surface area contributed by atoms with Crippen LogP contribution >= 0.6 is 0 Å². The molecule has 0 heterocycles. The molecule has 1 N–H and O–H groups in total. The van der Waals surface area contributed by atoms with Gasteiger partial charge in [0.1, 0.15) is 5.82 Å². The zero-order valence-electron chi connectivity index (χ0n) is 7.42. The highest BCUT2D eigenvalue weighted by atomic mass is 19.1. The first kappa shape index (κ1) is 9.69. The number of nitrogens with one attached hydrogen (secondary N) is 1. The number of nitrogens with zero attached hydrogens (tertiary/aromatic N) is 1. The summed E-state index contributed by atoms with van der Waals surface area (Å²) in [5.74, 6) is -0.236. The zero-order valence-corrected chi connectivity index (χ0v) is 7.42. The molecule has 1 atom stereocenters. The predicted octanol–water partition coefficient (Wildman–Crippen LogP) is 2.00. The lowest BCUT2D eigenvalue weighted by atomic mass is 10.1. The number of hydrogen-bond donors (Lipinski definition) is 1. The SMILES string of the molecule is CC(NCC#N)c1ccccc1F. The molecule has 1 aromatic carbocycles. The third-order valence-electron chi connectivity index (χ3n) is 1.86. The van der Waals surface area contributed by atoms with Crippen molar-refractivity contribution in [1.82, 2.24) is 5.32 Å². The van der Waals surface area contributed by atoms with Crippen molar-refractivity contribution in [3.8, 4) is 6.07 Å². The van der Waals surface area contributed by atoms with E-state index in [4.69, 9.17) is 5.26 Å². The Balaban J connectivity index is 2.72. The van der Waals surface area contributed by atoms with Gasteiger partial charge in [-0.1, -0.05) is 18.2 Å². The third kappa shape index (κ3) is 2.53. The van der Waals surface area contributed by atoms with Gasteiger partial charge in [0.25, 0.3) is 0 Å². The summed E-state index contributed by atoms with van der Waals surface area (Å²) >= 11 is 0. The van der Waals surface area contributed by atoms with E-state index in [9.17, 15) is 4.39 Å². The topological polar surface area (TPSA) is 35.8 Å². The van der Waals surface area contributed by atoms with Crippen molar-refractivity contribution in [3.63, 3.8) is 0 Å². The summed E-state index contributed by atoms with van der Waals surface area (Å²) in [6.07, 6.45) is 0. The first-order chi connectivity index (χ1) is 6.25. The van der Waals surface area contributed by atoms with Gasteiger partial charge in [-0.2, -0.15) is 5.26 Å². The highest BCUT2D eigenvalue weighted by Crippen LogP contribution is 2.15. The number of hydrogen-bond acceptors (Lipinski definition) is 2. The van der Waals surface area contributed by atoms with Crippen LogP contribution in [0.5, 0.6) is 0 Å². The molecule has 1 rings (SSSR count). The van der Waals surface area contributed by atoms with Gasteiger partial charge in [0.2, 0.25) is 0 Å². The molecule has 1 aromatic rings. The molecule has 0 aliphatic rings. The van der Waals surface area contributed by atoms with E-state index in [-0.39, 0.29) is 18.4 Å². The Morgan fingerprint density at radius 2 is 2.23 bits per heavy atom. The van der Waals surface area contributed by atoms with Crippen LogP contribution < -0.4 is 5.32 Å². The molecule has 0 amide bonds. The van der Waals surface area contributed by atoms with Gasteiger partial charge >= 0.3 is 0 Å². The Hall–Kier alpha value is -1.40. The molecule has 0 bridgehead atoms. The maximum atomic E-state index is 13.1. The Kier molecular flexibility index (Phi) is 3.41. The largest absolute Gasteiger partial charge is 0.298 e. The van der Waals surface area contributed by atoms with Crippen LogP contribution in [-0.4, -0.2) is 6.54 Å². The molecule has 0 radical (unpaired) electrons. The van der Waals surface area contributed by atoms with Crippen molar-refractivity contribution in [1.29, 1.82) is 5.26 Å². The molecule has 0 fully saturated rings. The second kappa shape index (κ2) is 4.58. The molecule has 1 unspecified atom stereocenters. The van der Waals surface area contributed by atoms with E-state index in [1.807, 2.05) is 13.0 Å². The van der Waals surface area contributed by atoms with E-state index in [2.05, 4.69) is 5.32 Å². The van der Waals surface area contributed by atoms with Crippen molar-refractivity contribution in [2.45, 2.75) is 13.0 Å². The first-order valence-electron chi connectivity index (χ1n) is 4.10. The maximum Gasteiger partial charge on any atom is 0.127 e. The van der Waals surface area contributed by atoms with Gasteiger partial charge in [-0.3, -0.25) is 5.32 Å². The Labute approximate surface area is 77.0 Å². The van der Waals surface area contributed by atoms with Crippen LogP contribution in [0.1, 0.15) is 18.5 Å². The second-order valence-electron chi connectivity index (χ2n) is 2.78. The molecular weight excluding hydrogens is 167 g/mol. The number of nitriles is 1. The fourth-order valence-electron chi connectivity index (χ4n) is 1.13. The van der Waals surface area contributed by atoms with E-state index in [0.717, 1.165) is 0 Å². The monoisotopic (exact) mass is 178 g/mol. The summed E-state index contributed by atoms with van der Waals surface area (Å²) in [5, 5.41) is 11.2. The van der Waals surface area contributed by atoms with Gasteiger partial charge < -0.3 is 0 Å². The molecule has 0 saturated heterocycles. The lowest BCUT2D eigenvalue weighted by Crippen LogP contribution is -2.19. The van der Waals surface area contributed by atoms with Crippen LogP contribution in [0.4, 0.5) is 4.39 Å². The Bertz CT molecular complexity index is 317. The van der Waals surface area contributed by atoms with E-state index < -0.39 is 0 Å². The van der Waals surface area contributed by atoms with Gasteiger partial charge in [0.05, 0.1) is 12.6 Å². The van der Waals surface area contributed by atoms with Crippen molar-refractivity contribution < 1.29 is 4.39 Å². The molecule has 3 heteroatoms. The fraction of sp³-hybridized carbons (Fsp3) is 0.300. The number of halogens is 1. The molecule has 68 valence electrons. The maximum absolute atomic E-state index is 13.1. The summed E-state index contributed by atoms with van der Waals surface area (Å²) in [4.78, 5) is 0. The average Bonchev–Trinajstić information content (AvgIpc) is 2.15. The minimum atomic E-state index is -0.236. The van der Waals surface area contributed by atoms with Gasteiger partial charge in [-0.05, 0) is 13.0 Å². The van der Waals surface area contributed by atoms with Gasteiger partial charge in [-0.15, -0.1) is 0 Å². The molecule has 0 aliphatic heterocycles. The minimum Gasteiger partial charge on any atom is -0.298 e. The molecular formula is C10H11FN2. The molecule has 13 heavy (non-hydrogen) atoms. The summed E-state index contributed by atoms with van der Waals surface area (Å²) in [6, 6.07) is 8.39. The first-order valence-corrected chi connectivity index (χ1v) is 4.10. The number of benzene rings is 1. The van der Waals surface area contributed by atoms with Gasteiger partial charge in [0, 0.05) is 11.6 Å². The molecule has 0 aliphatic carbocycles. The van der Waals surface area contributed by atoms with Crippen molar-refractivity contribution in [2.24, 2.45) is 0 Å². The van der Waals surface area contributed by atoms with Crippen molar-refractivity contribution in [3.05, 3.63) is 35.6 Å². The zero-order chi connectivity index (χ0) is 9.68. The third-order valence-corrected chi connectivity index (χ3v) is 1.86. The quantitative estimate of drug-likeness (QED) is 0.718. The lowest BCUT2D eigenvalue weighted by molar-refractivity contribution is 0.551. The molecule has 0 saturated carbocycles. The van der Waals surface area contributed by atoms with E-state index in [1.165, 1.54) is 6.07 Å². The normalized spacial score (nSPS) is 12.1. The van der Waals surface area contributed by atoms with Crippen LogP contribution in [0, 0.1) is 17.1 Å². The van der Waals surface area contributed by atoms with E-state index in [0.29, 0.717) is 5.56 Å². The fourth-order valence-corrected chi connectivity index (χ4v) is 1.13.